The van der Waals surface area contributed by atoms with E-state index in [4.69, 9.17) is 9.47 Å². The Bertz CT molecular complexity index is 554. The standard InChI is InChI=1S/C19H26O4/c1-14(2)12-13-22-18(20)10-7-11-19(21)23-17-9-6-5-8-16(17)15(3)4/h5-6,8-9,12,15H,7,10-11,13H2,1-4H3. The first-order chi connectivity index (χ1) is 10.9. The number of allylic oxidation sites excluding steroid dienone is 1. The lowest BCUT2D eigenvalue weighted by Gasteiger charge is -2.12. The van der Waals surface area contributed by atoms with E-state index < -0.39 is 0 Å². The van der Waals surface area contributed by atoms with Gasteiger partial charge in [-0.1, -0.05) is 37.6 Å². The highest BCUT2D eigenvalue weighted by Crippen LogP contribution is 2.26. The smallest absolute Gasteiger partial charge is 0.311 e. The highest BCUT2D eigenvalue weighted by molar-refractivity contribution is 5.74. The van der Waals surface area contributed by atoms with Crippen LogP contribution in [-0.2, 0) is 14.3 Å². The van der Waals surface area contributed by atoms with Crippen LogP contribution in [-0.4, -0.2) is 18.5 Å². The summed E-state index contributed by atoms with van der Waals surface area (Å²) >= 11 is 0. The van der Waals surface area contributed by atoms with Gasteiger partial charge in [0, 0.05) is 12.8 Å². The van der Waals surface area contributed by atoms with Crippen molar-refractivity contribution in [3.8, 4) is 5.75 Å². The monoisotopic (exact) mass is 318 g/mol. The van der Waals surface area contributed by atoms with Crippen molar-refractivity contribution in [1.82, 2.24) is 0 Å². The van der Waals surface area contributed by atoms with E-state index in [0.717, 1.165) is 11.1 Å². The topological polar surface area (TPSA) is 52.6 Å². The molecule has 0 saturated carbocycles. The second kappa shape index (κ2) is 9.82. The summed E-state index contributed by atoms with van der Waals surface area (Å²) in [5.74, 6) is 0.260. The number of carbonyl (C=O) groups is 2. The maximum atomic E-state index is 11.9. The molecule has 0 saturated heterocycles. The van der Waals surface area contributed by atoms with Crippen molar-refractivity contribution in [2.45, 2.75) is 52.9 Å². The molecule has 23 heavy (non-hydrogen) atoms. The van der Waals surface area contributed by atoms with Gasteiger partial charge in [0.25, 0.3) is 0 Å². The lowest BCUT2D eigenvalue weighted by atomic mass is 10.0. The molecule has 1 rings (SSSR count). The van der Waals surface area contributed by atoms with E-state index in [1.165, 1.54) is 0 Å². The molecule has 0 aromatic heterocycles. The minimum Gasteiger partial charge on any atom is -0.461 e. The molecule has 0 fully saturated rings. The Hall–Kier alpha value is -2.10. The maximum Gasteiger partial charge on any atom is 0.311 e. The van der Waals surface area contributed by atoms with Crippen LogP contribution in [0.2, 0.25) is 0 Å². The summed E-state index contributed by atoms with van der Waals surface area (Å²) in [6.07, 6.45) is 2.69. The molecule has 4 nitrogen and oxygen atoms in total. The van der Waals surface area contributed by atoms with Gasteiger partial charge in [0.05, 0.1) is 0 Å². The van der Waals surface area contributed by atoms with Crippen molar-refractivity contribution in [1.29, 1.82) is 0 Å². The zero-order chi connectivity index (χ0) is 17.2. The molecule has 126 valence electrons. The zero-order valence-electron chi connectivity index (χ0n) is 14.4. The molecule has 0 unspecified atom stereocenters. The van der Waals surface area contributed by atoms with Crippen LogP contribution in [0.1, 0.15) is 58.4 Å². The van der Waals surface area contributed by atoms with Crippen molar-refractivity contribution in [2.75, 3.05) is 6.61 Å². The number of esters is 2. The number of para-hydroxylation sites is 1. The molecular weight excluding hydrogens is 292 g/mol. The molecule has 0 radical (unpaired) electrons. The molecule has 0 amide bonds. The predicted molar refractivity (Wildman–Crippen MR) is 90.4 cm³/mol. The molecule has 0 heterocycles. The van der Waals surface area contributed by atoms with Crippen molar-refractivity contribution in [3.63, 3.8) is 0 Å². The van der Waals surface area contributed by atoms with Crippen LogP contribution in [0.5, 0.6) is 5.75 Å². The van der Waals surface area contributed by atoms with E-state index in [1.807, 2.05) is 38.1 Å². The average molecular weight is 318 g/mol. The zero-order valence-corrected chi connectivity index (χ0v) is 14.4. The first kappa shape index (κ1) is 18.9. The Kier molecular flexibility index (Phi) is 8.09. The molecule has 4 heteroatoms. The highest BCUT2D eigenvalue weighted by Gasteiger charge is 2.12. The minimum absolute atomic E-state index is 0.199. The lowest BCUT2D eigenvalue weighted by Crippen LogP contribution is -2.11. The molecule has 0 aliphatic carbocycles. The van der Waals surface area contributed by atoms with Gasteiger partial charge in [0.15, 0.2) is 0 Å². The van der Waals surface area contributed by atoms with E-state index in [9.17, 15) is 9.59 Å². The second-order valence-electron chi connectivity index (χ2n) is 5.98. The molecule has 0 aliphatic rings. The fourth-order valence-corrected chi connectivity index (χ4v) is 1.97. The van der Waals surface area contributed by atoms with Gasteiger partial charge in [-0.25, -0.2) is 0 Å². The van der Waals surface area contributed by atoms with Crippen molar-refractivity contribution in [2.24, 2.45) is 0 Å². The summed E-state index contributed by atoms with van der Waals surface area (Å²) in [5.41, 5.74) is 2.10. The minimum atomic E-state index is -0.324. The molecule has 0 spiro atoms. The number of hydrogen-bond donors (Lipinski definition) is 0. The van der Waals surface area contributed by atoms with Gasteiger partial charge in [0.2, 0.25) is 0 Å². The van der Waals surface area contributed by atoms with Crippen LogP contribution in [0.3, 0.4) is 0 Å². The summed E-state index contributed by atoms with van der Waals surface area (Å²) in [6.45, 7) is 8.27. The first-order valence-corrected chi connectivity index (χ1v) is 7.98. The van der Waals surface area contributed by atoms with Crippen LogP contribution in [0.4, 0.5) is 0 Å². The first-order valence-electron chi connectivity index (χ1n) is 7.98. The highest BCUT2D eigenvalue weighted by atomic mass is 16.5. The fraction of sp³-hybridized carbons (Fsp3) is 0.474. The molecule has 0 N–H and O–H groups in total. The van der Waals surface area contributed by atoms with Crippen LogP contribution in [0, 0.1) is 0 Å². The Morgan fingerprint density at radius 1 is 1.09 bits per heavy atom. The van der Waals surface area contributed by atoms with E-state index >= 15 is 0 Å². The third-order valence-corrected chi connectivity index (χ3v) is 3.26. The molecule has 0 atom stereocenters. The quantitative estimate of drug-likeness (QED) is 0.405. The summed E-state index contributed by atoms with van der Waals surface area (Å²) in [7, 11) is 0. The molecule has 0 aliphatic heterocycles. The molecular formula is C19H26O4. The number of benzene rings is 1. The summed E-state index contributed by atoms with van der Waals surface area (Å²) < 4.78 is 10.4. The summed E-state index contributed by atoms with van der Waals surface area (Å²) in [6, 6.07) is 7.51. The Morgan fingerprint density at radius 2 is 1.74 bits per heavy atom. The van der Waals surface area contributed by atoms with Crippen LogP contribution >= 0.6 is 0 Å². The van der Waals surface area contributed by atoms with Gasteiger partial charge in [-0.3, -0.25) is 9.59 Å². The van der Waals surface area contributed by atoms with Gasteiger partial charge in [-0.05, 0) is 43.9 Å². The van der Waals surface area contributed by atoms with Gasteiger partial charge in [-0.2, -0.15) is 0 Å². The van der Waals surface area contributed by atoms with Gasteiger partial charge in [-0.15, -0.1) is 0 Å². The Labute approximate surface area is 138 Å². The van der Waals surface area contributed by atoms with Gasteiger partial charge >= 0.3 is 11.9 Å². The van der Waals surface area contributed by atoms with E-state index in [1.54, 1.807) is 6.07 Å². The number of hydrogen-bond acceptors (Lipinski definition) is 4. The average Bonchev–Trinajstić information content (AvgIpc) is 2.47. The molecule has 1 aromatic carbocycles. The van der Waals surface area contributed by atoms with E-state index in [2.05, 4.69) is 13.8 Å². The Morgan fingerprint density at radius 3 is 2.39 bits per heavy atom. The molecule has 1 aromatic rings. The maximum absolute atomic E-state index is 11.9. The third-order valence-electron chi connectivity index (χ3n) is 3.26. The summed E-state index contributed by atoms with van der Waals surface area (Å²) in [4.78, 5) is 23.4. The van der Waals surface area contributed by atoms with E-state index in [-0.39, 0.29) is 37.3 Å². The van der Waals surface area contributed by atoms with Crippen LogP contribution in [0.15, 0.2) is 35.9 Å². The lowest BCUT2D eigenvalue weighted by molar-refractivity contribution is -0.142. The predicted octanol–water partition coefficient (Wildman–Crippen LogP) is 4.40. The molecule has 0 bridgehead atoms. The fourth-order valence-electron chi connectivity index (χ4n) is 1.97. The summed E-state index contributed by atoms with van der Waals surface area (Å²) in [5, 5.41) is 0. The number of carbonyl (C=O) groups excluding carboxylic acids is 2. The number of rotatable bonds is 8. The van der Waals surface area contributed by atoms with E-state index in [0.29, 0.717) is 12.2 Å². The largest absolute Gasteiger partial charge is 0.461 e. The second-order valence-corrected chi connectivity index (χ2v) is 5.98. The Balaban J connectivity index is 2.35. The van der Waals surface area contributed by atoms with Crippen LogP contribution < -0.4 is 4.74 Å². The van der Waals surface area contributed by atoms with Crippen LogP contribution in [0.25, 0.3) is 0 Å². The van der Waals surface area contributed by atoms with Crippen molar-refractivity contribution < 1.29 is 19.1 Å². The van der Waals surface area contributed by atoms with Gasteiger partial charge < -0.3 is 9.47 Å². The normalized spacial score (nSPS) is 10.3. The third kappa shape index (κ3) is 7.63. The number of ether oxygens (including phenoxy) is 2. The SMILES string of the molecule is CC(C)=CCOC(=O)CCCC(=O)Oc1ccccc1C(C)C. The van der Waals surface area contributed by atoms with Crippen molar-refractivity contribution >= 4 is 11.9 Å². The van der Waals surface area contributed by atoms with Crippen molar-refractivity contribution in [3.05, 3.63) is 41.5 Å². The van der Waals surface area contributed by atoms with Gasteiger partial charge in [0.1, 0.15) is 12.4 Å².